The van der Waals surface area contributed by atoms with Crippen molar-refractivity contribution in [3.05, 3.63) is 42.4 Å². The van der Waals surface area contributed by atoms with Crippen molar-refractivity contribution < 1.29 is 9.94 Å². The first-order valence-electron chi connectivity index (χ1n) is 8.81. The SMILES string of the molecule is CCOc1cccc(Cn2ncc3c(N4CCN(O)CC4)ncnc32)c1. The summed E-state index contributed by atoms with van der Waals surface area (Å²) in [5, 5.41) is 16.4. The standard InChI is InChI=1S/C18H22N6O2/c1-2-26-15-5-3-4-14(10-15)12-24-18-16(11-21-24)17(19-13-20-18)22-6-8-23(25)9-7-22/h3-5,10-11,13,25H,2,6-9,12H2,1H3. The summed E-state index contributed by atoms with van der Waals surface area (Å²) in [5.74, 6) is 1.73. The van der Waals surface area contributed by atoms with Crippen molar-refractivity contribution in [3.8, 4) is 5.75 Å². The van der Waals surface area contributed by atoms with Gasteiger partial charge in [0.2, 0.25) is 0 Å². The first-order valence-corrected chi connectivity index (χ1v) is 8.81. The van der Waals surface area contributed by atoms with Gasteiger partial charge in [0.05, 0.1) is 24.7 Å². The molecule has 1 aliphatic heterocycles. The van der Waals surface area contributed by atoms with Gasteiger partial charge in [-0.1, -0.05) is 12.1 Å². The normalized spacial score (nSPS) is 15.5. The second-order valence-corrected chi connectivity index (χ2v) is 6.26. The number of rotatable bonds is 5. The maximum atomic E-state index is 9.56. The number of piperazine rings is 1. The predicted molar refractivity (Wildman–Crippen MR) is 97.6 cm³/mol. The molecule has 1 saturated heterocycles. The molecule has 0 aliphatic carbocycles. The van der Waals surface area contributed by atoms with E-state index in [-0.39, 0.29) is 0 Å². The van der Waals surface area contributed by atoms with Gasteiger partial charge in [0.25, 0.3) is 0 Å². The molecule has 8 nitrogen and oxygen atoms in total. The fourth-order valence-electron chi connectivity index (χ4n) is 3.23. The van der Waals surface area contributed by atoms with Crippen molar-refractivity contribution in [2.45, 2.75) is 13.5 Å². The van der Waals surface area contributed by atoms with Crippen molar-refractivity contribution in [1.82, 2.24) is 24.8 Å². The lowest BCUT2D eigenvalue weighted by Gasteiger charge is -2.32. The molecule has 3 aromatic rings. The van der Waals surface area contributed by atoms with Gasteiger partial charge in [-0.25, -0.2) is 14.6 Å². The van der Waals surface area contributed by atoms with Gasteiger partial charge < -0.3 is 14.8 Å². The molecule has 1 aromatic carbocycles. The van der Waals surface area contributed by atoms with E-state index in [1.165, 1.54) is 5.06 Å². The van der Waals surface area contributed by atoms with E-state index in [1.807, 2.05) is 36.0 Å². The first kappa shape index (κ1) is 16.7. The van der Waals surface area contributed by atoms with Gasteiger partial charge in [0.1, 0.15) is 17.9 Å². The molecular formula is C18H22N6O2. The first-order chi connectivity index (χ1) is 12.7. The third-order valence-electron chi connectivity index (χ3n) is 4.51. The molecule has 4 rings (SSSR count). The highest BCUT2D eigenvalue weighted by Gasteiger charge is 2.20. The van der Waals surface area contributed by atoms with Crippen LogP contribution in [0, 0.1) is 0 Å². The lowest BCUT2D eigenvalue weighted by atomic mass is 10.2. The van der Waals surface area contributed by atoms with Crippen molar-refractivity contribution in [2.24, 2.45) is 0 Å². The summed E-state index contributed by atoms with van der Waals surface area (Å²) in [7, 11) is 0. The minimum Gasteiger partial charge on any atom is -0.494 e. The van der Waals surface area contributed by atoms with Gasteiger partial charge in [0.15, 0.2) is 5.65 Å². The number of anilines is 1. The minimum absolute atomic E-state index is 0.601. The van der Waals surface area contributed by atoms with E-state index in [1.54, 1.807) is 6.33 Å². The number of hydrogen-bond acceptors (Lipinski definition) is 7. The number of ether oxygens (including phenoxy) is 1. The fourth-order valence-corrected chi connectivity index (χ4v) is 3.23. The number of fused-ring (bicyclic) bond motifs is 1. The number of hydrogen-bond donors (Lipinski definition) is 1. The van der Waals surface area contributed by atoms with Crippen LogP contribution in [0.2, 0.25) is 0 Å². The monoisotopic (exact) mass is 354 g/mol. The third-order valence-corrected chi connectivity index (χ3v) is 4.51. The van der Waals surface area contributed by atoms with E-state index < -0.39 is 0 Å². The van der Waals surface area contributed by atoms with Crippen LogP contribution in [0.5, 0.6) is 5.75 Å². The average molecular weight is 354 g/mol. The summed E-state index contributed by atoms with van der Waals surface area (Å²) >= 11 is 0. The maximum absolute atomic E-state index is 9.56. The Morgan fingerprint density at radius 1 is 1.15 bits per heavy atom. The van der Waals surface area contributed by atoms with Crippen LogP contribution in [0.4, 0.5) is 5.82 Å². The van der Waals surface area contributed by atoms with Crippen LogP contribution in [-0.2, 0) is 6.54 Å². The van der Waals surface area contributed by atoms with Gasteiger partial charge in [-0.3, -0.25) is 0 Å². The lowest BCUT2D eigenvalue weighted by Crippen LogP contribution is -2.45. The fraction of sp³-hybridized carbons (Fsp3) is 0.389. The number of hydroxylamine groups is 2. The van der Waals surface area contributed by atoms with Crippen molar-refractivity contribution in [1.29, 1.82) is 0 Å². The van der Waals surface area contributed by atoms with E-state index in [9.17, 15) is 5.21 Å². The Hall–Kier alpha value is -2.71. The molecule has 2 aromatic heterocycles. The number of nitrogens with zero attached hydrogens (tertiary/aromatic N) is 6. The second kappa shape index (κ2) is 7.27. The Morgan fingerprint density at radius 3 is 2.81 bits per heavy atom. The van der Waals surface area contributed by atoms with Crippen LogP contribution in [0.25, 0.3) is 11.0 Å². The molecule has 0 amide bonds. The molecule has 1 N–H and O–H groups in total. The molecule has 8 heteroatoms. The van der Waals surface area contributed by atoms with E-state index in [2.05, 4.69) is 26.0 Å². The van der Waals surface area contributed by atoms with Gasteiger partial charge in [-0.05, 0) is 24.6 Å². The number of aromatic nitrogens is 4. The zero-order valence-electron chi connectivity index (χ0n) is 14.7. The highest BCUT2D eigenvalue weighted by molar-refractivity contribution is 5.86. The molecule has 0 radical (unpaired) electrons. The Balaban J connectivity index is 1.61. The van der Waals surface area contributed by atoms with E-state index in [4.69, 9.17) is 4.74 Å². The molecule has 26 heavy (non-hydrogen) atoms. The van der Waals surface area contributed by atoms with Gasteiger partial charge in [-0.2, -0.15) is 10.2 Å². The Bertz CT molecular complexity index is 888. The molecule has 136 valence electrons. The predicted octanol–water partition coefficient (Wildman–Crippen LogP) is 1.78. The molecule has 1 aliphatic rings. The van der Waals surface area contributed by atoms with E-state index in [0.29, 0.717) is 26.2 Å². The highest BCUT2D eigenvalue weighted by Crippen LogP contribution is 2.24. The second-order valence-electron chi connectivity index (χ2n) is 6.26. The van der Waals surface area contributed by atoms with Crippen molar-refractivity contribution in [2.75, 3.05) is 37.7 Å². The van der Waals surface area contributed by atoms with Gasteiger partial charge in [0, 0.05) is 26.2 Å². The quantitative estimate of drug-likeness (QED) is 0.748. The topological polar surface area (TPSA) is 79.5 Å². The van der Waals surface area contributed by atoms with E-state index >= 15 is 0 Å². The van der Waals surface area contributed by atoms with Crippen LogP contribution in [0.1, 0.15) is 12.5 Å². The summed E-state index contributed by atoms with van der Waals surface area (Å²) in [6.07, 6.45) is 3.40. The van der Waals surface area contributed by atoms with Crippen LogP contribution in [-0.4, -0.2) is 62.8 Å². The van der Waals surface area contributed by atoms with Crippen LogP contribution in [0.15, 0.2) is 36.8 Å². The molecule has 1 fully saturated rings. The van der Waals surface area contributed by atoms with Crippen molar-refractivity contribution >= 4 is 16.9 Å². The van der Waals surface area contributed by atoms with Gasteiger partial charge >= 0.3 is 0 Å². The van der Waals surface area contributed by atoms with Crippen LogP contribution < -0.4 is 9.64 Å². The smallest absolute Gasteiger partial charge is 0.163 e. The zero-order valence-corrected chi connectivity index (χ0v) is 14.7. The minimum atomic E-state index is 0.601. The lowest BCUT2D eigenvalue weighted by molar-refractivity contribution is -0.0936. The van der Waals surface area contributed by atoms with Crippen LogP contribution >= 0.6 is 0 Å². The maximum Gasteiger partial charge on any atom is 0.163 e. The highest BCUT2D eigenvalue weighted by atomic mass is 16.5. The molecule has 0 bridgehead atoms. The largest absolute Gasteiger partial charge is 0.494 e. The molecule has 0 unspecified atom stereocenters. The third kappa shape index (κ3) is 3.33. The molecule has 3 heterocycles. The summed E-state index contributed by atoms with van der Waals surface area (Å²) in [5.41, 5.74) is 1.92. The molecule has 0 spiro atoms. The van der Waals surface area contributed by atoms with E-state index in [0.717, 1.165) is 41.3 Å². The summed E-state index contributed by atoms with van der Waals surface area (Å²) < 4.78 is 7.46. The Morgan fingerprint density at radius 2 is 2.00 bits per heavy atom. The summed E-state index contributed by atoms with van der Waals surface area (Å²) in [6.45, 7) is 5.89. The average Bonchev–Trinajstić information content (AvgIpc) is 3.06. The zero-order chi connectivity index (χ0) is 17.9. The Labute approximate surface area is 151 Å². The molecular weight excluding hydrogens is 332 g/mol. The van der Waals surface area contributed by atoms with Gasteiger partial charge in [-0.15, -0.1) is 0 Å². The number of benzene rings is 1. The summed E-state index contributed by atoms with van der Waals surface area (Å²) in [6, 6.07) is 8.02. The van der Waals surface area contributed by atoms with Crippen LogP contribution in [0.3, 0.4) is 0 Å². The molecule has 0 atom stereocenters. The molecule has 0 saturated carbocycles. The van der Waals surface area contributed by atoms with Crippen molar-refractivity contribution in [3.63, 3.8) is 0 Å². The Kier molecular flexibility index (Phi) is 4.68. The summed E-state index contributed by atoms with van der Waals surface area (Å²) in [4.78, 5) is 11.1.